The van der Waals surface area contributed by atoms with E-state index in [0.29, 0.717) is 49.8 Å². The lowest BCUT2D eigenvalue weighted by Gasteiger charge is -2.28. The summed E-state index contributed by atoms with van der Waals surface area (Å²) in [6.07, 6.45) is 5.52. The summed E-state index contributed by atoms with van der Waals surface area (Å²) in [6, 6.07) is 17.4. The molecule has 10 nitrogen and oxygen atoms in total. The van der Waals surface area contributed by atoms with Crippen molar-refractivity contribution in [1.29, 1.82) is 0 Å². The normalized spacial score (nSPS) is 15.0. The van der Waals surface area contributed by atoms with E-state index in [2.05, 4.69) is 31.2 Å². The first-order valence-corrected chi connectivity index (χ1v) is 15.8. The molecule has 228 valence electrons. The molecule has 12 heteroatoms. The number of imidazole rings is 1. The summed E-state index contributed by atoms with van der Waals surface area (Å²) >= 11 is 9.64. The molecule has 1 fully saturated rings. The number of hydrogen-bond acceptors (Lipinski definition) is 6. The first-order valence-electron chi connectivity index (χ1n) is 14.6. The number of nitrogens with zero attached hydrogens (tertiary/aromatic N) is 5. The molecule has 1 saturated carbocycles. The van der Waals surface area contributed by atoms with Gasteiger partial charge in [-0.2, -0.15) is 0 Å². The molecule has 3 heterocycles. The first kappa shape index (κ1) is 29.2. The van der Waals surface area contributed by atoms with Crippen molar-refractivity contribution >= 4 is 50.4 Å². The number of para-hydroxylation sites is 1. The fraction of sp³-hybridized carbons (Fsp3) is 0.242. The monoisotopic (exact) mass is 686 g/mol. The van der Waals surface area contributed by atoms with Gasteiger partial charge in [0.1, 0.15) is 11.4 Å². The van der Waals surface area contributed by atoms with E-state index in [1.165, 1.54) is 4.57 Å². The lowest BCUT2D eigenvalue weighted by Crippen LogP contribution is -2.41. The molecule has 1 aliphatic heterocycles. The second-order valence-electron chi connectivity index (χ2n) is 11.2. The Labute approximate surface area is 271 Å². The van der Waals surface area contributed by atoms with E-state index in [1.807, 2.05) is 37.3 Å². The van der Waals surface area contributed by atoms with Gasteiger partial charge in [0.2, 0.25) is 0 Å². The van der Waals surface area contributed by atoms with Crippen LogP contribution in [0.1, 0.15) is 57.9 Å². The Balaban J connectivity index is 1.27. The number of fused-ring (bicyclic) bond motifs is 2. The van der Waals surface area contributed by atoms with Gasteiger partial charge in [-0.15, -0.1) is 0 Å². The zero-order chi connectivity index (χ0) is 31.2. The van der Waals surface area contributed by atoms with Gasteiger partial charge in [0.25, 0.3) is 11.8 Å². The molecule has 1 aliphatic carbocycles. The summed E-state index contributed by atoms with van der Waals surface area (Å²) in [4.78, 5) is 52.2. The number of hydrogen-bond donors (Lipinski definition) is 1. The van der Waals surface area contributed by atoms with Gasteiger partial charge >= 0.3 is 5.69 Å². The molecule has 0 unspecified atom stereocenters. The standard InChI is InChI=1S/C33H28BrClN6O4/c1-19(24-3-2-4-27-29(24)37-14-13-36-27)38-31(42)30-28-18-39(32(43)20-5-12-25(34)26(35)17-20)15-16-40(28)33(44)41(30)21-6-8-22(9-7-21)45-23-10-11-23/h2-9,12-14,17,19,23H,10-11,15-16,18H2,1H3,(H,38,42)/t19-/m1/s1. The predicted octanol–water partition coefficient (Wildman–Crippen LogP) is 5.69. The van der Waals surface area contributed by atoms with Crippen molar-refractivity contribution in [2.75, 3.05) is 6.54 Å². The lowest BCUT2D eigenvalue weighted by molar-refractivity contribution is 0.0706. The van der Waals surface area contributed by atoms with Gasteiger partial charge in [0, 0.05) is 41.1 Å². The van der Waals surface area contributed by atoms with Crippen molar-refractivity contribution in [3.05, 3.63) is 116 Å². The number of ether oxygens (including phenoxy) is 1. The van der Waals surface area contributed by atoms with Crippen LogP contribution in [-0.2, 0) is 13.1 Å². The number of carbonyl (C=O) groups is 2. The number of rotatable bonds is 7. The van der Waals surface area contributed by atoms with Crippen molar-refractivity contribution in [3.8, 4) is 11.4 Å². The number of nitrogens with one attached hydrogen (secondary N) is 1. The molecule has 45 heavy (non-hydrogen) atoms. The summed E-state index contributed by atoms with van der Waals surface area (Å²) in [5.74, 6) is 0.0138. The molecule has 1 N–H and O–H groups in total. The van der Waals surface area contributed by atoms with Crippen molar-refractivity contribution < 1.29 is 14.3 Å². The van der Waals surface area contributed by atoms with Crippen molar-refractivity contribution in [3.63, 3.8) is 0 Å². The van der Waals surface area contributed by atoms with Crippen LogP contribution in [-0.4, -0.2) is 48.5 Å². The van der Waals surface area contributed by atoms with E-state index in [-0.39, 0.29) is 36.5 Å². The third kappa shape index (κ3) is 5.62. The Kier molecular flexibility index (Phi) is 7.66. The third-order valence-electron chi connectivity index (χ3n) is 8.11. The fourth-order valence-corrected chi connectivity index (χ4v) is 6.10. The highest BCUT2D eigenvalue weighted by Crippen LogP contribution is 2.29. The van der Waals surface area contributed by atoms with Crippen LogP contribution in [0, 0.1) is 0 Å². The lowest BCUT2D eigenvalue weighted by atomic mass is 10.1. The maximum Gasteiger partial charge on any atom is 0.333 e. The highest BCUT2D eigenvalue weighted by molar-refractivity contribution is 9.10. The molecule has 2 amide bonds. The van der Waals surface area contributed by atoms with Crippen molar-refractivity contribution in [1.82, 2.24) is 29.3 Å². The number of aromatic nitrogens is 4. The third-order valence-corrected chi connectivity index (χ3v) is 9.35. The van der Waals surface area contributed by atoms with Crippen LogP contribution in [0.5, 0.6) is 5.75 Å². The topological polar surface area (TPSA) is 111 Å². The molecule has 2 aliphatic rings. The minimum atomic E-state index is -0.461. The number of carbonyl (C=O) groups excluding carboxylic acids is 2. The van der Waals surface area contributed by atoms with Gasteiger partial charge < -0.3 is 15.0 Å². The zero-order valence-electron chi connectivity index (χ0n) is 24.2. The zero-order valence-corrected chi connectivity index (χ0v) is 26.6. The highest BCUT2D eigenvalue weighted by Gasteiger charge is 2.33. The van der Waals surface area contributed by atoms with Crippen LogP contribution < -0.4 is 15.7 Å². The quantitative estimate of drug-likeness (QED) is 0.236. The Hall–Kier alpha value is -4.48. The molecular formula is C33H28BrClN6O4. The molecule has 1 atom stereocenters. The Bertz CT molecular complexity index is 2020. The van der Waals surface area contributed by atoms with Gasteiger partial charge in [-0.1, -0.05) is 23.7 Å². The molecular weight excluding hydrogens is 660 g/mol. The molecule has 3 aromatic carbocycles. The summed E-state index contributed by atoms with van der Waals surface area (Å²) in [7, 11) is 0. The van der Waals surface area contributed by atoms with E-state index >= 15 is 0 Å². The smallest absolute Gasteiger partial charge is 0.333 e. The highest BCUT2D eigenvalue weighted by atomic mass is 79.9. The first-order chi connectivity index (χ1) is 21.8. The van der Waals surface area contributed by atoms with Crippen LogP contribution in [0.15, 0.2) is 82.3 Å². The molecule has 2 aromatic heterocycles. The van der Waals surface area contributed by atoms with Gasteiger partial charge in [0.05, 0.1) is 46.1 Å². The Morgan fingerprint density at radius 3 is 2.58 bits per heavy atom. The van der Waals surface area contributed by atoms with Gasteiger partial charge in [-0.3, -0.25) is 28.7 Å². The Morgan fingerprint density at radius 2 is 1.82 bits per heavy atom. The van der Waals surface area contributed by atoms with E-state index in [1.54, 1.807) is 52.2 Å². The van der Waals surface area contributed by atoms with Crippen LogP contribution in [0.2, 0.25) is 5.02 Å². The predicted molar refractivity (Wildman–Crippen MR) is 173 cm³/mol. The second-order valence-corrected chi connectivity index (χ2v) is 12.5. The maximum absolute atomic E-state index is 14.2. The van der Waals surface area contributed by atoms with Crippen LogP contribution in [0.4, 0.5) is 0 Å². The number of benzene rings is 3. The summed E-state index contributed by atoms with van der Waals surface area (Å²) in [5.41, 5.74) is 3.39. The van der Waals surface area contributed by atoms with Gasteiger partial charge in [0.15, 0.2) is 0 Å². The molecule has 7 rings (SSSR count). The van der Waals surface area contributed by atoms with Gasteiger partial charge in [-0.05, 0) is 84.2 Å². The molecule has 0 spiro atoms. The van der Waals surface area contributed by atoms with E-state index in [4.69, 9.17) is 16.3 Å². The Morgan fingerprint density at radius 1 is 1.04 bits per heavy atom. The van der Waals surface area contributed by atoms with E-state index in [9.17, 15) is 14.4 Å². The van der Waals surface area contributed by atoms with Gasteiger partial charge in [-0.25, -0.2) is 4.79 Å². The van der Waals surface area contributed by atoms with Crippen molar-refractivity contribution in [2.24, 2.45) is 0 Å². The summed E-state index contributed by atoms with van der Waals surface area (Å²) in [5, 5.41) is 3.50. The maximum atomic E-state index is 14.2. The van der Waals surface area contributed by atoms with Crippen LogP contribution in [0.25, 0.3) is 16.7 Å². The van der Waals surface area contributed by atoms with E-state index in [0.717, 1.165) is 18.4 Å². The summed E-state index contributed by atoms with van der Waals surface area (Å²) in [6.45, 7) is 2.45. The SMILES string of the molecule is C[C@@H](NC(=O)c1c2n(c(=O)n1-c1ccc(OC3CC3)cc1)CCN(C(=O)c1ccc(Br)c(Cl)c1)C2)c1cccc2nccnc12. The minimum absolute atomic E-state index is 0.0640. The summed E-state index contributed by atoms with van der Waals surface area (Å²) < 4.78 is 9.59. The van der Waals surface area contributed by atoms with Crippen LogP contribution in [0.3, 0.4) is 0 Å². The average molecular weight is 688 g/mol. The molecule has 5 aromatic rings. The number of amides is 2. The fourth-order valence-electron chi connectivity index (χ4n) is 5.68. The van der Waals surface area contributed by atoms with Crippen molar-refractivity contribution in [2.45, 2.75) is 45.0 Å². The molecule has 0 bridgehead atoms. The second kappa shape index (κ2) is 11.8. The number of halogens is 2. The largest absolute Gasteiger partial charge is 0.490 e. The molecule has 0 saturated heterocycles. The average Bonchev–Trinajstić information content (AvgIpc) is 3.83. The van der Waals surface area contributed by atoms with E-state index < -0.39 is 11.9 Å². The minimum Gasteiger partial charge on any atom is -0.490 e. The van der Waals surface area contributed by atoms with Crippen LogP contribution >= 0.6 is 27.5 Å². The molecule has 0 radical (unpaired) electrons.